The first-order chi connectivity index (χ1) is 12.6. The molecule has 0 aliphatic rings. The summed E-state index contributed by atoms with van der Waals surface area (Å²) < 4.78 is 0. The minimum absolute atomic E-state index is 0.222. The molecule has 0 aliphatic heterocycles. The molecule has 6 nitrogen and oxygen atoms in total. The Morgan fingerprint density at radius 2 is 1.88 bits per heavy atom. The van der Waals surface area contributed by atoms with Crippen molar-refractivity contribution in [3.63, 3.8) is 0 Å². The standard InChI is InChI=1S/C20H22N4O2/c1-15-7-5-10-17(13-15)23-20(26)24-18(19(25)22-12-6-11-21)14-16-8-3-2-4-9-16/h2-5,7-10,13,18H,6,12,14H2,1H3,(H,22,25)(H2,23,24,26). The molecular weight excluding hydrogens is 328 g/mol. The van der Waals surface area contributed by atoms with Crippen LogP contribution in [0.2, 0.25) is 0 Å². The van der Waals surface area contributed by atoms with Gasteiger partial charge in [0.2, 0.25) is 5.91 Å². The third-order valence-corrected chi connectivity index (χ3v) is 3.72. The Morgan fingerprint density at radius 3 is 2.58 bits per heavy atom. The lowest BCUT2D eigenvalue weighted by molar-refractivity contribution is -0.122. The molecule has 1 unspecified atom stereocenters. The number of carbonyl (C=O) groups is 2. The normalized spacial score (nSPS) is 11.1. The molecule has 0 saturated carbocycles. The van der Waals surface area contributed by atoms with Crippen LogP contribution < -0.4 is 16.0 Å². The van der Waals surface area contributed by atoms with Crippen molar-refractivity contribution >= 4 is 17.6 Å². The van der Waals surface area contributed by atoms with Gasteiger partial charge >= 0.3 is 6.03 Å². The predicted octanol–water partition coefficient (Wildman–Crippen LogP) is 2.76. The molecule has 0 fully saturated rings. The van der Waals surface area contributed by atoms with E-state index in [0.717, 1.165) is 11.1 Å². The van der Waals surface area contributed by atoms with Crippen LogP contribution in [0.25, 0.3) is 0 Å². The molecule has 2 rings (SSSR count). The molecule has 3 amide bonds. The number of anilines is 1. The van der Waals surface area contributed by atoms with Crippen molar-refractivity contribution < 1.29 is 9.59 Å². The van der Waals surface area contributed by atoms with Crippen LogP contribution >= 0.6 is 0 Å². The van der Waals surface area contributed by atoms with E-state index in [4.69, 9.17) is 5.26 Å². The van der Waals surface area contributed by atoms with Gasteiger partial charge in [0, 0.05) is 18.7 Å². The van der Waals surface area contributed by atoms with E-state index in [1.54, 1.807) is 6.07 Å². The summed E-state index contributed by atoms with van der Waals surface area (Å²) in [6, 6.07) is 17.7. The molecule has 1 atom stereocenters. The van der Waals surface area contributed by atoms with Gasteiger partial charge in [0.1, 0.15) is 6.04 Å². The number of nitrogens with zero attached hydrogens (tertiary/aromatic N) is 1. The van der Waals surface area contributed by atoms with Crippen molar-refractivity contribution in [1.29, 1.82) is 5.26 Å². The van der Waals surface area contributed by atoms with Crippen LogP contribution in [0.1, 0.15) is 17.5 Å². The summed E-state index contributed by atoms with van der Waals surface area (Å²) in [5.74, 6) is -0.316. The molecule has 2 aromatic carbocycles. The monoisotopic (exact) mass is 350 g/mol. The number of nitriles is 1. The van der Waals surface area contributed by atoms with Gasteiger partial charge in [-0.05, 0) is 30.2 Å². The number of hydrogen-bond acceptors (Lipinski definition) is 3. The molecule has 2 aromatic rings. The van der Waals surface area contributed by atoms with Gasteiger partial charge in [0.25, 0.3) is 0 Å². The first-order valence-electron chi connectivity index (χ1n) is 8.41. The van der Waals surface area contributed by atoms with Gasteiger partial charge in [-0.25, -0.2) is 4.79 Å². The zero-order valence-corrected chi connectivity index (χ0v) is 14.7. The second-order valence-electron chi connectivity index (χ2n) is 5.91. The molecule has 0 heterocycles. The summed E-state index contributed by atoms with van der Waals surface area (Å²) in [6.45, 7) is 2.19. The molecule has 0 aliphatic carbocycles. The molecule has 0 radical (unpaired) electrons. The van der Waals surface area contributed by atoms with Gasteiger partial charge in [-0.1, -0.05) is 42.5 Å². The molecule has 134 valence electrons. The highest BCUT2D eigenvalue weighted by atomic mass is 16.2. The van der Waals surface area contributed by atoms with Crippen molar-refractivity contribution in [2.45, 2.75) is 25.8 Å². The molecule has 0 bridgehead atoms. The molecule has 0 aromatic heterocycles. The van der Waals surface area contributed by atoms with Crippen molar-refractivity contribution in [2.24, 2.45) is 0 Å². The fourth-order valence-electron chi connectivity index (χ4n) is 2.47. The van der Waals surface area contributed by atoms with Gasteiger partial charge in [-0.15, -0.1) is 0 Å². The summed E-state index contributed by atoms with van der Waals surface area (Å²) in [5, 5.41) is 16.7. The molecule has 0 saturated heterocycles. The summed E-state index contributed by atoms with van der Waals surface area (Å²) in [7, 11) is 0. The molecule has 26 heavy (non-hydrogen) atoms. The van der Waals surface area contributed by atoms with Crippen LogP contribution in [0.5, 0.6) is 0 Å². The van der Waals surface area contributed by atoms with Crippen LogP contribution in [0.3, 0.4) is 0 Å². The number of aryl methyl sites for hydroxylation is 1. The van der Waals surface area contributed by atoms with Gasteiger partial charge < -0.3 is 16.0 Å². The lowest BCUT2D eigenvalue weighted by Gasteiger charge is -2.19. The van der Waals surface area contributed by atoms with E-state index in [1.165, 1.54) is 0 Å². The maximum Gasteiger partial charge on any atom is 0.319 e. The summed E-state index contributed by atoms with van der Waals surface area (Å²) in [5.41, 5.74) is 2.62. The maximum absolute atomic E-state index is 12.4. The van der Waals surface area contributed by atoms with E-state index in [1.807, 2.05) is 61.5 Å². The van der Waals surface area contributed by atoms with E-state index in [0.29, 0.717) is 12.1 Å². The zero-order valence-electron chi connectivity index (χ0n) is 14.7. The minimum Gasteiger partial charge on any atom is -0.353 e. The Hall–Kier alpha value is -3.33. The lowest BCUT2D eigenvalue weighted by atomic mass is 10.1. The highest BCUT2D eigenvalue weighted by molar-refractivity contribution is 5.93. The quantitative estimate of drug-likeness (QED) is 0.670. The van der Waals surface area contributed by atoms with Crippen LogP contribution in [0.15, 0.2) is 54.6 Å². The fraction of sp³-hybridized carbons (Fsp3) is 0.250. The highest BCUT2D eigenvalue weighted by Gasteiger charge is 2.21. The average Bonchev–Trinajstić information content (AvgIpc) is 2.62. The Morgan fingerprint density at radius 1 is 1.12 bits per heavy atom. The van der Waals surface area contributed by atoms with Crippen LogP contribution in [0.4, 0.5) is 10.5 Å². The third-order valence-electron chi connectivity index (χ3n) is 3.72. The van der Waals surface area contributed by atoms with Crippen molar-refractivity contribution in [3.8, 4) is 6.07 Å². The van der Waals surface area contributed by atoms with Crippen molar-refractivity contribution in [2.75, 3.05) is 11.9 Å². The molecule has 6 heteroatoms. The first kappa shape index (κ1) is 19.0. The Labute approximate surface area is 153 Å². The van der Waals surface area contributed by atoms with Gasteiger partial charge in [-0.2, -0.15) is 5.26 Å². The maximum atomic E-state index is 12.4. The lowest BCUT2D eigenvalue weighted by Crippen LogP contribution is -2.49. The number of urea groups is 1. The zero-order chi connectivity index (χ0) is 18.8. The third kappa shape index (κ3) is 6.29. The van der Waals surface area contributed by atoms with Crippen LogP contribution in [0, 0.1) is 18.3 Å². The number of amides is 3. The number of benzene rings is 2. The number of rotatable bonds is 7. The Kier molecular flexibility index (Phi) is 7.19. The smallest absolute Gasteiger partial charge is 0.319 e. The first-order valence-corrected chi connectivity index (χ1v) is 8.41. The van der Waals surface area contributed by atoms with E-state index in [2.05, 4.69) is 16.0 Å². The van der Waals surface area contributed by atoms with E-state index >= 15 is 0 Å². The van der Waals surface area contributed by atoms with Gasteiger partial charge in [0.05, 0.1) is 12.5 Å². The Bertz CT molecular complexity index is 784. The minimum atomic E-state index is -0.735. The topological polar surface area (TPSA) is 94.0 Å². The fourth-order valence-corrected chi connectivity index (χ4v) is 2.47. The number of nitrogens with one attached hydrogen (secondary N) is 3. The number of carbonyl (C=O) groups excluding carboxylic acids is 2. The van der Waals surface area contributed by atoms with Gasteiger partial charge in [0.15, 0.2) is 0 Å². The average molecular weight is 350 g/mol. The van der Waals surface area contributed by atoms with Crippen LogP contribution in [-0.2, 0) is 11.2 Å². The largest absolute Gasteiger partial charge is 0.353 e. The second-order valence-corrected chi connectivity index (χ2v) is 5.91. The highest BCUT2D eigenvalue weighted by Crippen LogP contribution is 2.10. The summed E-state index contributed by atoms with van der Waals surface area (Å²) in [4.78, 5) is 24.7. The molecule has 0 spiro atoms. The molecule has 3 N–H and O–H groups in total. The predicted molar refractivity (Wildman–Crippen MR) is 101 cm³/mol. The molecular formula is C20H22N4O2. The van der Waals surface area contributed by atoms with E-state index in [9.17, 15) is 9.59 Å². The number of hydrogen-bond donors (Lipinski definition) is 3. The van der Waals surface area contributed by atoms with Crippen molar-refractivity contribution in [1.82, 2.24) is 10.6 Å². The summed E-state index contributed by atoms with van der Waals surface area (Å²) >= 11 is 0. The summed E-state index contributed by atoms with van der Waals surface area (Å²) in [6.07, 6.45) is 0.583. The van der Waals surface area contributed by atoms with E-state index < -0.39 is 12.1 Å². The second kappa shape index (κ2) is 9.84. The Balaban J connectivity index is 2.03. The SMILES string of the molecule is Cc1cccc(NC(=O)NC(Cc2ccccc2)C(=O)NCCC#N)c1. The van der Waals surface area contributed by atoms with Crippen LogP contribution in [-0.4, -0.2) is 24.5 Å². The van der Waals surface area contributed by atoms with Gasteiger partial charge in [-0.3, -0.25) is 4.79 Å². The van der Waals surface area contributed by atoms with E-state index in [-0.39, 0.29) is 18.9 Å². The van der Waals surface area contributed by atoms with Crippen molar-refractivity contribution in [3.05, 3.63) is 65.7 Å².